The minimum atomic E-state index is -0.359. The monoisotopic (exact) mass is 203 g/mol. The molecule has 14 heavy (non-hydrogen) atoms. The van der Waals surface area contributed by atoms with Crippen LogP contribution in [0.25, 0.3) is 0 Å². The Balaban J connectivity index is 0. The highest BCUT2D eigenvalue weighted by Gasteiger charge is 1.84. The average Bonchev–Trinajstić information content (AvgIpc) is 2.20. The van der Waals surface area contributed by atoms with Crippen LogP contribution < -0.4 is 5.32 Å². The lowest BCUT2D eigenvalue weighted by molar-refractivity contribution is -0.117. The fraction of sp³-hybridized carbons (Fsp3) is 0.700. The van der Waals surface area contributed by atoms with Crippen molar-refractivity contribution in [1.82, 2.24) is 5.32 Å². The van der Waals surface area contributed by atoms with E-state index in [2.05, 4.69) is 25.7 Å². The number of carbonyl (C=O) groups is 1. The number of aliphatic hydroxyl groups excluding tert-OH is 1. The van der Waals surface area contributed by atoms with Crippen molar-refractivity contribution in [2.24, 2.45) is 0 Å². The van der Waals surface area contributed by atoms with Gasteiger partial charge in [0, 0.05) is 13.2 Å². The van der Waals surface area contributed by atoms with Gasteiger partial charge in [-0.05, 0) is 18.9 Å². The number of aliphatic hydroxyl groups is 1. The standard InChI is InChI=1S/C6H14O.C4H7NO2/c1-3-5-7-6-4-2;1-2-4(7)5-3-6/h3-6H2,1-2H3;2,6H,1,3H2,(H,5,7). The summed E-state index contributed by atoms with van der Waals surface area (Å²) < 4.78 is 5.13. The Kier molecular flexibility index (Phi) is 16.3. The van der Waals surface area contributed by atoms with E-state index in [1.807, 2.05) is 0 Å². The molecule has 84 valence electrons. The number of amides is 1. The van der Waals surface area contributed by atoms with Gasteiger partial charge in [0.1, 0.15) is 6.73 Å². The van der Waals surface area contributed by atoms with Crippen LogP contribution >= 0.6 is 0 Å². The van der Waals surface area contributed by atoms with Crippen molar-refractivity contribution in [3.63, 3.8) is 0 Å². The first kappa shape index (κ1) is 15.6. The maximum absolute atomic E-state index is 10.0. The van der Waals surface area contributed by atoms with Crippen LogP contribution in [-0.2, 0) is 9.53 Å². The Morgan fingerprint density at radius 2 is 1.93 bits per heavy atom. The number of hydrogen-bond acceptors (Lipinski definition) is 3. The van der Waals surface area contributed by atoms with E-state index in [1.165, 1.54) is 0 Å². The molecule has 0 aliphatic rings. The highest BCUT2D eigenvalue weighted by molar-refractivity contribution is 5.86. The summed E-state index contributed by atoms with van der Waals surface area (Å²) in [6.45, 7) is 8.92. The van der Waals surface area contributed by atoms with Crippen LogP contribution in [0.3, 0.4) is 0 Å². The smallest absolute Gasteiger partial charge is 0.245 e. The summed E-state index contributed by atoms with van der Waals surface area (Å²) in [5.41, 5.74) is 0. The SMILES string of the molecule is C=CC(=O)NCO.CCCOCCC. The topological polar surface area (TPSA) is 58.6 Å². The maximum Gasteiger partial charge on any atom is 0.245 e. The van der Waals surface area contributed by atoms with Crippen LogP contribution in [-0.4, -0.2) is 31.0 Å². The van der Waals surface area contributed by atoms with Gasteiger partial charge in [0.05, 0.1) is 0 Å². The number of ether oxygens (including phenoxy) is 1. The quantitative estimate of drug-likeness (QED) is 0.385. The van der Waals surface area contributed by atoms with Gasteiger partial charge < -0.3 is 15.2 Å². The van der Waals surface area contributed by atoms with Crippen molar-refractivity contribution in [2.75, 3.05) is 19.9 Å². The molecule has 0 unspecified atom stereocenters. The van der Waals surface area contributed by atoms with Gasteiger partial charge in [-0.3, -0.25) is 4.79 Å². The molecule has 0 saturated carbocycles. The molecule has 0 aromatic rings. The molecular weight excluding hydrogens is 182 g/mol. The Hall–Kier alpha value is -0.870. The fourth-order valence-electron chi connectivity index (χ4n) is 0.541. The highest BCUT2D eigenvalue weighted by Crippen LogP contribution is 1.81. The molecule has 0 rings (SSSR count). The zero-order chi connectivity index (χ0) is 11.2. The third-order valence-corrected chi connectivity index (χ3v) is 1.14. The third kappa shape index (κ3) is 17.3. The van der Waals surface area contributed by atoms with Gasteiger partial charge >= 0.3 is 0 Å². The minimum absolute atomic E-state index is 0.329. The van der Waals surface area contributed by atoms with Gasteiger partial charge in [-0.2, -0.15) is 0 Å². The Morgan fingerprint density at radius 3 is 2.14 bits per heavy atom. The second-order valence-corrected chi connectivity index (χ2v) is 2.52. The molecule has 0 aliphatic heterocycles. The van der Waals surface area contributed by atoms with Crippen LogP contribution in [0.4, 0.5) is 0 Å². The lowest BCUT2D eigenvalue weighted by Gasteiger charge is -1.95. The zero-order valence-electron chi connectivity index (χ0n) is 9.08. The predicted molar refractivity (Wildman–Crippen MR) is 56.8 cm³/mol. The summed E-state index contributed by atoms with van der Waals surface area (Å²) in [5.74, 6) is -0.359. The van der Waals surface area contributed by atoms with E-state index in [1.54, 1.807) is 0 Å². The summed E-state index contributed by atoms with van der Waals surface area (Å²) >= 11 is 0. The molecule has 0 fully saturated rings. The van der Waals surface area contributed by atoms with Gasteiger partial charge in [0.2, 0.25) is 5.91 Å². The first-order valence-electron chi connectivity index (χ1n) is 4.81. The van der Waals surface area contributed by atoms with Crippen molar-refractivity contribution in [2.45, 2.75) is 26.7 Å². The number of nitrogens with one attached hydrogen (secondary N) is 1. The van der Waals surface area contributed by atoms with Crippen molar-refractivity contribution < 1.29 is 14.6 Å². The third-order valence-electron chi connectivity index (χ3n) is 1.14. The molecular formula is C10H21NO3. The van der Waals surface area contributed by atoms with E-state index in [4.69, 9.17) is 9.84 Å². The van der Waals surface area contributed by atoms with Crippen LogP contribution in [0.5, 0.6) is 0 Å². The molecule has 0 bridgehead atoms. The lowest BCUT2D eigenvalue weighted by atomic mass is 10.5. The molecule has 0 heterocycles. The molecule has 0 spiro atoms. The van der Waals surface area contributed by atoms with Gasteiger partial charge in [-0.25, -0.2) is 0 Å². The molecule has 0 atom stereocenters. The van der Waals surface area contributed by atoms with Gasteiger partial charge in [0.15, 0.2) is 0 Å². The van der Waals surface area contributed by atoms with Gasteiger partial charge in [-0.15, -0.1) is 0 Å². The van der Waals surface area contributed by atoms with Gasteiger partial charge in [-0.1, -0.05) is 20.4 Å². The summed E-state index contributed by atoms with van der Waals surface area (Å²) in [5, 5.41) is 10.1. The van der Waals surface area contributed by atoms with Crippen molar-refractivity contribution in [3.05, 3.63) is 12.7 Å². The lowest BCUT2D eigenvalue weighted by Crippen LogP contribution is -2.20. The van der Waals surface area contributed by atoms with Crippen molar-refractivity contribution in [1.29, 1.82) is 0 Å². The second kappa shape index (κ2) is 14.6. The Bertz CT molecular complexity index is 133. The molecule has 0 aliphatic carbocycles. The minimum Gasteiger partial charge on any atom is -0.381 e. The summed E-state index contributed by atoms with van der Waals surface area (Å²) in [6.07, 6.45) is 3.37. The van der Waals surface area contributed by atoms with Crippen LogP contribution in [0.2, 0.25) is 0 Å². The van der Waals surface area contributed by atoms with Crippen LogP contribution in [0.15, 0.2) is 12.7 Å². The molecule has 4 heteroatoms. The van der Waals surface area contributed by atoms with E-state index in [9.17, 15) is 4.79 Å². The normalized spacial score (nSPS) is 8.50. The van der Waals surface area contributed by atoms with Crippen molar-refractivity contribution >= 4 is 5.91 Å². The molecule has 0 saturated heterocycles. The van der Waals surface area contributed by atoms with E-state index >= 15 is 0 Å². The zero-order valence-corrected chi connectivity index (χ0v) is 9.08. The van der Waals surface area contributed by atoms with E-state index in [-0.39, 0.29) is 12.6 Å². The maximum atomic E-state index is 10.0. The Morgan fingerprint density at radius 1 is 1.43 bits per heavy atom. The summed E-state index contributed by atoms with van der Waals surface area (Å²) in [7, 11) is 0. The fourth-order valence-corrected chi connectivity index (χ4v) is 0.541. The number of carbonyl (C=O) groups excluding carboxylic acids is 1. The average molecular weight is 203 g/mol. The van der Waals surface area contributed by atoms with E-state index in [0.717, 1.165) is 32.1 Å². The predicted octanol–water partition coefficient (Wildman–Crippen LogP) is 1.06. The van der Waals surface area contributed by atoms with Gasteiger partial charge in [0.25, 0.3) is 0 Å². The van der Waals surface area contributed by atoms with E-state index in [0.29, 0.717) is 0 Å². The summed E-state index contributed by atoms with van der Waals surface area (Å²) in [6, 6.07) is 0. The largest absolute Gasteiger partial charge is 0.381 e. The molecule has 2 N–H and O–H groups in total. The molecule has 1 amide bonds. The molecule has 0 aromatic heterocycles. The molecule has 0 radical (unpaired) electrons. The Labute approximate surface area is 86.0 Å². The molecule has 4 nitrogen and oxygen atoms in total. The first-order chi connectivity index (χ1) is 6.72. The number of rotatable bonds is 6. The first-order valence-corrected chi connectivity index (χ1v) is 4.81. The second-order valence-electron chi connectivity index (χ2n) is 2.52. The highest BCUT2D eigenvalue weighted by atomic mass is 16.5. The summed E-state index contributed by atoms with van der Waals surface area (Å²) in [4.78, 5) is 10.0. The van der Waals surface area contributed by atoms with E-state index < -0.39 is 0 Å². The van der Waals surface area contributed by atoms with Crippen LogP contribution in [0, 0.1) is 0 Å². The van der Waals surface area contributed by atoms with Crippen molar-refractivity contribution in [3.8, 4) is 0 Å². The van der Waals surface area contributed by atoms with Crippen LogP contribution in [0.1, 0.15) is 26.7 Å². The number of hydrogen-bond donors (Lipinski definition) is 2. The molecule has 0 aromatic carbocycles.